The van der Waals surface area contributed by atoms with Crippen molar-refractivity contribution >= 4 is 17.9 Å². The molecule has 188 valence electrons. The van der Waals surface area contributed by atoms with Crippen molar-refractivity contribution in [3.63, 3.8) is 0 Å². The fraction of sp³-hybridized carbons (Fsp3) is 0.800. The Kier molecular flexibility index (Phi) is 5.61. The Morgan fingerprint density at radius 3 is 2.44 bits per heavy atom. The van der Waals surface area contributed by atoms with Crippen molar-refractivity contribution < 1.29 is 43.2 Å². The monoisotopic (exact) mass is 478 g/mol. The third kappa shape index (κ3) is 3.27. The summed E-state index contributed by atoms with van der Waals surface area (Å²) in [6.45, 7) is 6.71. The molecule has 0 aromatic carbocycles. The highest BCUT2D eigenvalue weighted by molar-refractivity contribution is 5.70. The second-order valence-corrected chi connectivity index (χ2v) is 10.9. The van der Waals surface area contributed by atoms with Gasteiger partial charge in [-0.3, -0.25) is 14.4 Å². The van der Waals surface area contributed by atoms with Gasteiger partial charge in [-0.05, 0) is 31.3 Å². The molecule has 2 saturated carbocycles. The predicted octanol–water partition coefficient (Wildman–Crippen LogP) is 1.84. The van der Waals surface area contributed by atoms with E-state index in [-0.39, 0.29) is 12.6 Å². The van der Waals surface area contributed by atoms with E-state index in [0.717, 1.165) is 24.8 Å². The van der Waals surface area contributed by atoms with Crippen LogP contribution in [0.15, 0.2) is 11.6 Å². The Balaban J connectivity index is 1.54. The molecule has 9 heteroatoms. The van der Waals surface area contributed by atoms with Gasteiger partial charge in [0, 0.05) is 26.7 Å². The van der Waals surface area contributed by atoms with Crippen LogP contribution in [-0.4, -0.2) is 72.3 Å². The first kappa shape index (κ1) is 23.8. The number of fused-ring (bicyclic) bond motifs is 2. The molecule has 2 saturated heterocycles. The maximum Gasteiger partial charge on any atom is 0.306 e. The van der Waals surface area contributed by atoms with Crippen molar-refractivity contribution in [2.75, 3.05) is 13.2 Å². The molecule has 5 aliphatic rings. The zero-order valence-corrected chi connectivity index (χ0v) is 20.2. The van der Waals surface area contributed by atoms with Gasteiger partial charge in [-0.15, -0.1) is 0 Å². The van der Waals surface area contributed by atoms with Crippen LogP contribution in [0.25, 0.3) is 0 Å². The van der Waals surface area contributed by atoms with Gasteiger partial charge in [0.2, 0.25) is 0 Å². The molecule has 3 aliphatic carbocycles. The Morgan fingerprint density at radius 2 is 1.88 bits per heavy atom. The number of aliphatic hydroxyl groups is 1. The Bertz CT molecular complexity index is 919. The topological polar surface area (TPSA) is 121 Å². The zero-order chi connectivity index (χ0) is 24.5. The molecular weight excluding hydrogens is 444 g/mol. The number of hydrogen-bond donors (Lipinski definition) is 1. The van der Waals surface area contributed by atoms with Crippen LogP contribution >= 0.6 is 0 Å². The summed E-state index contributed by atoms with van der Waals surface area (Å²) in [7, 11) is 0. The summed E-state index contributed by atoms with van der Waals surface area (Å²) in [4.78, 5) is 36.7. The average molecular weight is 479 g/mol. The van der Waals surface area contributed by atoms with E-state index in [1.807, 2.05) is 19.9 Å². The Hall–Kier alpha value is -1.97. The summed E-state index contributed by atoms with van der Waals surface area (Å²) in [5.74, 6) is -0.861. The Labute approximate surface area is 199 Å². The van der Waals surface area contributed by atoms with Crippen molar-refractivity contribution in [1.82, 2.24) is 0 Å². The van der Waals surface area contributed by atoms with Crippen molar-refractivity contribution in [1.29, 1.82) is 0 Å². The molecule has 4 unspecified atom stereocenters. The summed E-state index contributed by atoms with van der Waals surface area (Å²) in [5.41, 5.74) is -1.95. The van der Waals surface area contributed by atoms with Gasteiger partial charge >= 0.3 is 17.9 Å². The number of ether oxygens (including phenoxy) is 5. The lowest BCUT2D eigenvalue weighted by Gasteiger charge is -2.58. The minimum Gasteiger partial charge on any atom is -0.465 e. The first-order valence-corrected chi connectivity index (χ1v) is 12.2. The lowest BCUT2D eigenvalue weighted by Crippen LogP contribution is -2.68. The van der Waals surface area contributed by atoms with Gasteiger partial charge in [0.15, 0.2) is 0 Å². The highest BCUT2D eigenvalue weighted by Gasteiger charge is 2.86. The molecule has 5 rings (SSSR count). The SMILES string of the molecule is CC(=O)OC[C@]12CC(OC(=O)CC3CCC3)C(C)=CC1OC1[C@H](O)[C@@H](OC(C)=O)[C@@]2(C)C12CO2. The highest BCUT2D eigenvalue weighted by Crippen LogP contribution is 2.72. The first-order valence-electron chi connectivity index (χ1n) is 12.2. The minimum atomic E-state index is -1.11. The number of carbonyl (C=O) groups is 3. The van der Waals surface area contributed by atoms with Gasteiger partial charge < -0.3 is 28.8 Å². The second-order valence-electron chi connectivity index (χ2n) is 10.9. The van der Waals surface area contributed by atoms with Gasteiger partial charge in [0.1, 0.15) is 36.6 Å². The normalized spacial score (nSPS) is 44.5. The van der Waals surface area contributed by atoms with Crippen LogP contribution in [0, 0.1) is 16.7 Å². The summed E-state index contributed by atoms with van der Waals surface area (Å²) < 4.78 is 29.6. The van der Waals surface area contributed by atoms with E-state index in [1.54, 1.807) is 0 Å². The van der Waals surface area contributed by atoms with Gasteiger partial charge in [-0.25, -0.2) is 0 Å². The van der Waals surface area contributed by atoms with Crippen LogP contribution < -0.4 is 0 Å². The molecule has 8 atom stereocenters. The van der Waals surface area contributed by atoms with Gasteiger partial charge in [-0.2, -0.15) is 0 Å². The molecule has 2 aliphatic heterocycles. The van der Waals surface area contributed by atoms with E-state index < -0.39 is 58.9 Å². The lowest BCUT2D eigenvalue weighted by atomic mass is 9.51. The smallest absolute Gasteiger partial charge is 0.306 e. The van der Waals surface area contributed by atoms with Crippen LogP contribution in [0.3, 0.4) is 0 Å². The number of rotatable bonds is 6. The van der Waals surface area contributed by atoms with E-state index in [2.05, 4.69) is 0 Å². The second kappa shape index (κ2) is 8.03. The predicted molar refractivity (Wildman–Crippen MR) is 116 cm³/mol. The summed E-state index contributed by atoms with van der Waals surface area (Å²) in [6, 6.07) is 0. The molecular formula is C25H34O9. The molecule has 0 aromatic rings. The van der Waals surface area contributed by atoms with Crippen LogP contribution in [0.1, 0.15) is 59.8 Å². The number of aliphatic hydroxyl groups excluding tert-OH is 1. The summed E-state index contributed by atoms with van der Waals surface area (Å²) in [5, 5.41) is 11.2. The molecule has 1 N–H and O–H groups in total. The summed E-state index contributed by atoms with van der Waals surface area (Å²) in [6.07, 6.45) is 1.98. The van der Waals surface area contributed by atoms with E-state index in [4.69, 9.17) is 23.7 Å². The van der Waals surface area contributed by atoms with E-state index >= 15 is 0 Å². The van der Waals surface area contributed by atoms with Crippen LogP contribution in [0.5, 0.6) is 0 Å². The Morgan fingerprint density at radius 1 is 1.18 bits per heavy atom. The molecule has 1 spiro atoms. The van der Waals surface area contributed by atoms with Crippen LogP contribution in [0.2, 0.25) is 0 Å². The fourth-order valence-electron chi connectivity index (χ4n) is 6.86. The van der Waals surface area contributed by atoms with Crippen molar-refractivity contribution in [2.45, 2.75) is 95.9 Å². The molecule has 2 heterocycles. The molecule has 0 radical (unpaired) electrons. The third-order valence-corrected chi connectivity index (χ3v) is 9.11. The van der Waals surface area contributed by atoms with Gasteiger partial charge in [0.25, 0.3) is 0 Å². The molecule has 0 aromatic heterocycles. The van der Waals surface area contributed by atoms with Crippen LogP contribution in [0.4, 0.5) is 0 Å². The van der Waals surface area contributed by atoms with Crippen molar-refractivity contribution in [3.8, 4) is 0 Å². The van der Waals surface area contributed by atoms with E-state index in [1.165, 1.54) is 13.8 Å². The van der Waals surface area contributed by atoms with Crippen molar-refractivity contribution in [2.24, 2.45) is 16.7 Å². The highest BCUT2D eigenvalue weighted by atomic mass is 16.7. The molecule has 4 fully saturated rings. The quantitative estimate of drug-likeness (QED) is 0.264. The maximum absolute atomic E-state index is 12.7. The number of esters is 3. The van der Waals surface area contributed by atoms with Gasteiger partial charge in [0.05, 0.1) is 23.5 Å². The number of carbonyl (C=O) groups excluding carboxylic acids is 3. The summed E-state index contributed by atoms with van der Waals surface area (Å²) >= 11 is 0. The average Bonchev–Trinajstić information content (AvgIpc) is 3.51. The largest absolute Gasteiger partial charge is 0.465 e. The van der Waals surface area contributed by atoms with Crippen molar-refractivity contribution in [3.05, 3.63) is 11.6 Å². The van der Waals surface area contributed by atoms with E-state index in [9.17, 15) is 19.5 Å². The number of hydrogen-bond acceptors (Lipinski definition) is 9. The first-order chi connectivity index (χ1) is 16.0. The zero-order valence-electron chi connectivity index (χ0n) is 20.2. The minimum absolute atomic E-state index is 0.0493. The van der Waals surface area contributed by atoms with E-state index in [0.29, 0.717) is 25.4 Å². The molecule has 0 amide bonds. The number of epoxide rings is 1. The maximum atomic E-state index is 12.7. The molecule has 34 heavy (non-hydrogen) atoms. The lowest BCUT2D eigenvalue weighted by molar-refractivity contribution is -0.241. The third-order valence-electron chi connectivity index (χ3n) is 9.11. The molecule has 9 nitrogen and oxygen atoms in total. The van der Waals surface area contributed by atoms with Crippen LogP contribution in [-0.2, 0) is 38.1 Å². The standard InChI is InChI=1S/C25H34O9/c1-13-8-18-24(11-30-14(2)26,10-17(13)33-19(28)9-16-6-5-7-16)23(4)21(32-15(3)27)20(29)22(34-18)25(23)12-31-25/h8,16-18,20-22,29H,5-7,9-12H2,1-4H3/t17?,18?,20-,21-,22?,23-,24-,25?/m1/s1. The van der Waals surface area contributed by atoms with Gasteiger partial charge in [-0.1, -0.05) is 19.4 Å². The fourth-order valence-corrected chi connectivity index (χ4v) is 6.86. The molecule has 2 bridgehead atoms.